The van der Waals surface area contributed by atoms with E-state index in [4.69, 9.17) is 0 Å². The highest BCUT2D eigenvalue weighted by Crippen LogP contribution is 2.29. The average Bonchev–Trinajstić information content (AvgIpc) is 3.08. The average molecular weight is 366 g/mol. The molecule has 1 fully saturated rings. The van der Waals surface area contributed by atoms with Crippen molar-refractivity contribution in [2.24, 2.45) is 7.05 Å². The second kappa shape index (κ2) is 7.19. The number of benzene rings is 1. The molecule has 4 rings (SSSR count). The monoisotopic (exact) mass is 366 g/mol. The fourth-order valence-electron chi connectivity index (χ4n) is 3.67. The first-order chi connectivity index (χ1) is 13.0. The molecule has 0 saturated carbocycles. The zero-order chi connectivity index (χ0) is 19.0. The number of fused-ring (bicyclic) bond motifs is 1. The molecule has 2 aromatic heterocycles. The van der Waals surface area contributed by atoms with E-state index in [1.807, 2.05) is 25.4 Å². The second-order valence-corrected chi connectivity index (χ2v) is 7.32. The van der Waals surface area contributed by atoms with Gasteiger partial charge >= 0.3 is 0 Å². The molecule has 1 aromatic carbocycles. The third kappa shape index (κ3) is 3.76. The number of pyridine rings is 1. The van der Waals surface area contributed by atoms with Crippen molar-refractivity contribution in [2.45, 2.75) is 32.5 Å². The number of hydrogen-bond donors (Lipinski definition) is 0. The molecule has 5 nitrogen and oxygen atoms in total. The summed E-state index contributed by atoms with van der Waals surface area (Å²) in [6.07, 6.45) is 4.28. The molecule has 0 amide bonds. The summed E-state index contributed by atoms with van der Waals surface area (Å²) in [5, 5.41) is 5.25. The molecule has 0 aliphatic carbocycles. The van der Waals surface area contributed by atoms with Crippen LogP contribution in [-0.4, -0.2) is 44.7 Å². The van der Waals surface area contributed by atoms with Crippen molar-refractivity contribution < 1.29 is 9.18 Å². The van der Waals surface area contributed by atoms with Crippen molar-refractivity contribution in [3.05, 3.63) is 47.9 Å². The van der Waals surface area contributed by atoms with Gasteiger partial charge in [-0.05, 0) is 36.1 Å². The number of likely N-dealkylation sites (tertiary alicyclic amines) is 1. The van der Waals surface area contributed by atoms with E-state index in [9.17, 15) is 9.18 Å². The van der Waals surface area contributed by atoms with Gasteiger partial charge in [-0.3, -0.25) is 14.4 Å². The molecular weight excluding hydrogens is 343 g/mol. The number of halogens is 1. The third-order valence-corrected chi connectivity index (χ3v) is 5.17. The predicted molar refractivity (Wildman–Crippen MR) is 103 cm³/mol. The first-order valence-corrected chi connectivity index (χ1v) is 9.29. The van der Waals surface area contributed by atoms with Crippen molar-refractivity contribution in [3.63, 3.8) is 0 Å². The number of aromatic nitrogens is 3. The van der Waals surface area contributed by atoms with Crippen LogP contribution in [0.25, 0.3) is 22.0 Å². The van der Waals surface area contributed by atoms with E-state index in [0.29, 0.717) is 18.5 Å². The zero-order valence-corrected chi connectivity index (χ0v) is 15.7. The SMILES string of the molecule is CC(=O)c1cc(-c2cnn(C)c2)c2ccc(CN3CCC(F)CC3)cc2n1. The maximum atomic E-state index is 13.4. The van der Waals surface area contributed by atoms with Crippen LogP contribution >= 0.6 is 0 Å². The van der Waals surface area contributed by atoms with Crippen LogP contribution in [0.2, 0.25) is 0 Å². The van der Waals surface area contributed by atoms with Crippen LogP contribution < -0.4 is 0 Å². The Kier molecular flexibility index (Phi) is 4.74. The predicted octanol–water partition coefficient (Wildman–Crippen LogP) is 3.77. The van der Waals surface area contributed by atoms with Crippen molar-refractivity contribution in [1.82, 2.24) is 19.7 Å². The molecule has 0 unspecified atom stereocenters. The number of carbonyl (C=O) groups excluding carboxylic acids is 1. The highest BCUT2D eigenvalue weighted by molar-refractivity contribution is 6.01. The summed E-state index contributed by atoms with van der Waals surface area (Å²) in [6.45, 7) is 3.87. The quantitative estimate of drug-likeness (QED) is 0.660. The van der Waals surface area contributed by atoms with Gasteiger partial charge in [-0.15, -0.1) is 0 Å². The van der Waals surface area contributed by atoms with Gasteiger partial charge in [0.15, 0.2) is 5.78 Å². The minimum absolute atomic E-state index is 0.0579. The molecule has 3 heterocycles. The van der Waals surface area contributed by atoms with Gasteiger partial charge in [-0.25, -0.2) is 9.37 Å². The molecule has 0 spiro atoms. The van der Waals surface area contributed by atoms with Crippen LogP contribution in [-0.2, 0) is 13.6 Å². The Morgan fingerprint density at radius 3 is 2.70 bits per heavy atom. The molecule has 27 heavy (non-hydrogen) atoms. The van der Waals surface area contributed by atoms with Gasteiger partial charge in [0, 0.05) is 50.8 Å². The minimum atomic E-state index is -0.667. The van der Waals surface area contributed by atoms with Crippen molar-refractivity contribution >= 4 is 16.7 Å². The zero-order valence-electron chi connectivity index (χ0n) is 15.7. The van der Waals surface area contributed by atoms with Crippen molar-refractivity contribution in [3.8, 4) is 11.1 Å². The molecular formula is C21H23FN4O. The number of aryl methyl sites for hydroxylation is 1. The van der Waals surface area contributed by atoms with Crippen molar-refractivity contribution in [2.75, 3.05) is 13.1 Å². The molecule has 1 aliphatic rings. The van der Waals surface area contributed by atoms with Gasteiger partial charge < -0.3 is 0 Å². The highest BCUT2D eigenvalue weighted by Gasteiger charge is 2.19. The summed E-state index contributed by atoms with van der Waals surface area (Å²) in [4.78, 5) is 18.8. The lowest BCUT2D eigenvalue weighted by atomic mass is 10.00. The van der Waals surface area contributed by atoms with Gasteiger partial charge in [0.1, 0.15) is 11.9 Å². The first kappa shape index (κ1) is 17.8. The smallest absolute Gasteiger partial charge is 0.178 e. The lowest BCUT2D eigenvalue weighted by molar-refractivity contribution is 0.101. The van der Waals surface area contributed by atoms with Gasteiger partial charge in [-0.1, -0.05) is 12.1 Å². The van der Waals surface area contributed by atoms with E-state index in [1.54, 1.807) is 10.9 Å². The lowest BCUT2D eigenvalue weighted by Gasteiger charge is -2.28. The number of alkyl halides is 1. The minimum Gasteiger partial charge on any atom is -0.299 e. The van der Waals surface area contributed by atoms with Crippen molar-refractivity contribution in [1.29, 1.82) is 0 Å². The van der Waals surface area contributed by atoms with Gasteiger partial charge in [0.05, 0.1) is 11.7 Å². The Balaban J connectivity index is 1.73. The standard InChI is InChI=1S/C21H23FN4O/c1-14(27)20-10-19(16-11-23-25(2)13-16)18-4-3-15(9-21(18)24-20)12-26-7-5-17(22)6-8-26/h3-4,9-11,13,17H,5-8,12H2,1-2H3. The molecule has 0 bridgehead atoms. The molecule has 0 N–H and O–H groups in total. The first-order valence-electron chi connectivity index (χ1n) is 9.29. The number of Topliss-reactive ketones (excluding diaryl/α,β-unsaturated/α-hetero) is 1. The Bertz CT molecular complexity index is 989. The summed E-state index contributed by atoms with van der Waals surface area (Å²) < 4.78 is 15.1. The summed E-state index contributed by atoms with van der Waals surface area (Å²) in [6, 6.07) is 8.04. The van der Waals surface area contributed by atoms with Crippen LogP contribution in [0.1, 0.15) is 35.8 Å². The normalized spacial score (nSPS) is 16.1. The van der Waals surface area contributed by atoms with Crippen LogP contribution in [0.5, 0.6) is 0 Å². The number of hydrogen-bond acceptors (Lipinski definition) is 4. The third-order valence-electron chi connectivity index (χ3n) is 5.17. The van der Waals surface area contributed by atoms with Gasteiger partial charge in [0.2, 0.25) is 0 Å². The molecule has 3 aromatic rings. The molecule has 1 saturated heterocycles. The summed E-state index contributed by atoms with van der Waals surface area (Å²) >= 11 is 0. The molecule has 0 atom stereocenters. The number of carbonyl (C=O) groups is 1. The number of piperidine rings is 1. The Morgan fingerprint density at radius 2 is 2.04 bits per heavy atom. The number of ketones is 1. The van der Waals surface area contributed by atoms with E-state index in [1.165, 1.54) is 6.92 Å². The largest absolute Gasteiger partial charge is 0.299 e. The van der Waals surface area contributed by atoms with E-state index in [0.717, 1.165) is 47.2 Å². The second-order valence-electron chi connectivity index (χ2n) is 7.32. The van der Waals surface area contributed by atoms with Crippen LogP contribution in [0.4, 0.5) is 4.39 Å². The van der Waals surface area contributed by atoms with Crippen LogP contribution in [0, 0.1) is 0 Å². The lowest BCUT2D eigenvalue weighted by Crippen LogP contribution is -2.33. The van der Waals surface area contributed by atoms with E-state index >= 15 is 0 Å². The Labute approximate surface area is 157 Å². The number of rotatable bonds is 4. The Hall–Kier alpha value is -2.60. The molecule has 1 aliphatic heterocycles. The van der Waals surface area contributed by atoms with Gasteiger partial charge in [-0.2, -0.15) is 5.10 Å². The molecule has 140 valence electrons. The molecule has 0 radical (unpaired) electrons. The maximum Gasteiger partial charge on any atom is 0.178 e. The van der Waals surface area contributed by atoms with E-state index in [-0.39, 0.29) is 5.78 Å². The van der Waals surface area contributed by atoms with E-state index < -0.39 is 6.17 Å². The maximum absolute atomic E-state index is 13.4. The van der Waals surface area contributed by atoms with Crippen LogP contribution in [0.15, 0.2) is 36.7 Å². The van der Waals surface area contributed by atoms with Crippen LogP contribution in [0.3, 0.4) is 0 Å². The summed E-state index contributed by atoms with van der Waals surface area (Å²) in [5.41, 5.74) is 4.31. The topological polar surface area (TPSA) is 51.0 Å². The fraction of sp³-hybridized carbons (Fsp3) is 0.381. The number of nitrogens with zero attached hydrogens (tertiary/aromatic N) is 4. The van der Waals surface area contributed by atoms with Gasteiger partial charge in [0.25, 0.3) is 0 Å². The highest BCUT2D eigenvalue weighted by atomic mass is 19.1. The summed E-state index contributed by atoms with van der Waals surface area (Å²) in [7, 11) is 1.87. The Morgan fingerprint density at radius 1 is 1.26 bits per heavy atom. The molecule has 6 heteroatoms. The van der Waals surface area contributed by atoms with E-state index in [2.05, 4.69) is 27.1 Å². The summed E-state index contributed by atoms with van der Waals surface area (Å²) in [5.74, 6) is -0.0579. The fourth-order valence-corrected chi connectivity index (χ4v) is 3.67.